The molecule has 4 nitrogen and oxygen atoms in total. The Balaban J connectivity index is 2.30. The Bertz CT molecular complexity index is 390. The number of hydrogen-bond acceptors (Lipinski definition) is 4. The molecule has 0 spiro atoms. The fourth-order valence-corrected chi connectivity index (χ4v) is 2.94. The third-order valence-electron chi connectivity index (χ3n) is 2.70. The van der Waals surface area contributed by atoms with Crippen LogP contribution in [0.1, 0.15) is 30.2 Å². The SMILES string of the molecule is CCNC(=NCCCSC)NCCc1ncc(CC)s1. The van der Waals surface area contributed by atoms with Crippen LogP contribution in [0.15, 0.2) is 11.2 Å². The van der Waals surface area contributed by atoms with Gasteiger partial charge in [-0.3, -0.25) is 4.99 Å². The van der Waals surface area contributed by atoms with Crippen LogP contribution in [-0.4, -0.2) is 42.6 Å². The lowest BCUT2D eigenvalue weighted by molar-refractivity contribution is 0.792. The van der Waals surface area contributed by atoms with Gasteiger partial charge < -0.3 is 10.6 Å². The van der Waals surface area contributed by atoms with Crippen molar-refractivity contribution >= 4 is 29.1 Å². The quantitative estimate of drug-likeness (QED) is 0.418. The van der Waals surface area contributed by atoms with Gasteiger partial charge in [0.1, 0.15) is 0 Å². The predicted octanol–water partition coefficient (Wildman–Crippen LogP) is 2.56. The van der Waals surface area contributed by atoms with Gasteiger partial charge in [0.15, 0.2) is 5.96 Å². The van der Waals surface area contributed by atoms with Crippen LogP contribution in [-0.2, 0) is 12.8 Å². The molecule has 0 aliphatic rings. The average molecular weight is 315 g/mol. The van der Waals surface area contributed by atoms with Gasteiger partial charge in [0, 0.05) is 37.1 Å². The molecule has 1 rings (SSSR count). The first-order valence-corrected chi connectivity index (χ1v) is 9.45. The molecule has 6 heteroatoms. The molecule has 1 heterocycles. The summed E-state index contributed by atoms with van der Waals surface area (Å²) in [5.74, 6) is 2.09. The van der Waals surface area contributed by atoms with Crippen molar-refractivity contribution in [2.24, 2.45) is 4.99 Å². The molecule has 0 bridgehead atoms. The number of rotatable bonds is 9. The second-order valence-electron chi connectivity index (χ2n) is 4.36. The van der Waals surface area contributed by atoms with E-state index in [1.165, 1.54) is 15.6 Å². The van der Waals surface area contributed by atoms with Crippen LogP contribution in [0.2, 0.25) is 0 Å². The lowest BCUT2D eigenvalue weighted by atomic mass is 10.4. The summed E-state index contributed by atoms with van der Waals surface area (Å²) < 4.78 is 0. The molecule has 0 radical (unpaired) electrons. The maximum absolute atomic E-state index is 4.57. The number of aryl methyl sites for hydroxylation is 1. The van der Waals surface area contributed by atoms with E-state index < -0.39 is 0 Å². The van der Waals surface area contributed by atoms with Crippen LogP contribution >= 0.6 is 23.1 Å². The number of thioether (sulfide) groups is 1. The molecule has 2 N–H and O–H groups in total. The molecule has 0 saturated heterocycles. The number of thiazole rings is 1. The average Bonchev–Trinajstić information content (AvgIpc) is 2.91. The molecule has 20 heavy (non-hydrogen) atoms. The summed E-state index contributed by atoms with van der Waals surface area (Å²) in [6.45, 7) is 6.91. The van der Waals surface area contributed by atoms with Gasteiger partial charge in [0.05, 0.1) is 5.01 Å². The minimum absolute atomic E-state index is 0.880. The molecule has 0 aliphatic carbocycles. The molecule has 0 aromatic carbocycles. The van der Waals surface area contributed by atoms with Crippen LogP contribution in [0.25, 0.3) is 0 Å². The fraction of sp³-hybridized carbons (Fsp3) is 0.714. The van der Waals surface area contributed by atoms with Crippen molar-refractivity contribution in [1.82, 2.24) is 15.6 Å². The molecule has 1 aromatic rings. The minimum Gasteiger partial charge on any atom is -0.357 e. The molecular formula is C14H26N4S2. The minimum atomic E-state index is 0.880. The second-order valence-corrected chi connectivity index (χ2v) is 6.54. The van der Waals surface area contributed by atoms with Crippen LogP contribution in [0.4, 0.5) is 0 Å². The lowest BCUT2D eigenvalue weighted by Crippen LogP contribution is -2.38. The van der Waals surface area contributed by atoms with Gasteiger partial charge in [-0.15, -0.1) is 11.3 Å². The highest BCUT2D eigenvalue weighted by Crippen LogP contribution is 2.13. The van der Waals surface area contributed by atoms with E-state index in [1.807, 2.05) is 29.3 Å². The van der Waals surface area contributed by atoms with Crippen molar-refractivity contribution in [1.29, 1.82) is 0 Å². The third kappa shape index (κ3) is 7.14. The number of guanidine groups is 1. The van der Waals surface area contributed by atoms with Crippen LogP contribution < -0.4 is 10.6 Å². The standard InChI is InChI=1S/C14H26N4S2/c1-4-12-11-18-13(20-12)7-9-17-14(15-5-2)16-8-6-10-19-3/h11H,4-10H2,1-3H3,(H2,15,16,17). The molecule has 0 saturated carbocycles. The molecule has 0 aliphatic heterocycles. The van der Waals surface area contributed by atoms with E-state index in [9.17, 15) is 0 Å². The van der Waals surface area contributed by atoms with Crippen molar-refractivity contribution in [3.05, 3.63) is 16.1 Å². The monoisotopic (exact) mass is 314 g/mol. The van der Waals surface area contributed by atoms with E-state index in [-0.39, 0.29) is 0 Å². The first-order valence-electron chi connectivity index (χ1n) is 7.24. The van der Waals surface area contributed by atoms with Gasteiger partial charge in [-0.1, -0.05) is 6.92 Å². The molecule has 0 atom stereocenters. The zero-order valence-corrected chi connectivity index (χ0v) is 14.4. The van der Waals surface area contributed by atoms with Gasteiger partial charge in [0.2, 0.25) is 0 Å². The number of hydrogen-bond donors (Lipinski definition) is 2. The molecule has 0 fully saturated rings. The van der Waals surface area contributed by atoms with Gasteiger partial charge in [0.25, 0.3) is 0 Å². The Morgan fingerprint density at radius 2 is 2.25 bits per heavy atom. The van der Waals surface area contributed by atoms with Gasteiger partial charge in [-0.2, -0.15) is 11.8 Å². The number of aliphatic imine (C=N–C) groups is 1. The Morgan fingerprint density at radius 1 is 1.40 bits per heavy atom. The summed E-state index contributed by atoms with van der Waals surface area (Å²) in [5, 5.41) is 7.85. The van der Waals surface area contributed by atoms with E-state index >= 15 is 0 Å². The van der Waals surface area contributed by atoms with Gasteiger partial charge in [-0.25, -0.2) is 4.98 Å². The van der Waals surface area contributed by atoms with E-state index in [0.29, 0.717) is 0 Å². The topological polar surface area (TPSA) is 49.3 Å². The first kappa shape index (κ1) is 17.3. The Hall–Kier alpha value is -0.750. The lowest BCUT2D eigenvalue weighted by Gasteiger charge is -2.10. The second kappa shape index (κ2) is 11.0. The number of aromatic nitrogens is 1. The van der Waals surface area contributed by atoms with Crippen LogP contribution in [0.5, 0.6) is 0 Å². The zero-order chi connectivity index (χ0) is 14.6. The maximum Gasteiger partial charge on any atom is 0.191 e. The Morgan fingerprint density at radius 3 is 2.90 bits per heavy atom. The highest BCUT2D eigenvalue weighted by atomic mass is 32.2. The van der Waals surface area contributed by atoms with Crippen LogP contribution in [0, 0.1) is 0 Å². The largest absolute Gasteiger partial charge is 0.357 e. The van der Waals surface area contributed by atoms with E-state index in [1.54, 1.807) is 0 Å². The molecule has 114 valence electrons. The summed E-state index contributed by atoms with van der Waals surface area (Å²) >= 11 is 3.68. The van der Waals surface area contributed by atoms with Crippen molar-refractivity contribution in [2.45, 2.75) is 33.1 Å². The van der Waals surface area contributed by atoms with Crippen molar-refractivity contribution < 1.29 is 0 Å². The third-order valence-corrected chi connectivity index (χ3v) is 4.60. The van der Waals surface area contributed by atoms with Gasteiger partial charge >= 0.3 is 0 Å². The maximum atomic E-state index is 4.57. The normalized spacial score (nSPS) is 11.7. The Labute approximate surface area is 130 Å². The smallest absolute Gasteiger partial charge is 0.191 e. The Kier molecular flexibility index (Phi) is 9.49. The van der Waals surface area contributed by atoms with E-state index in [2.05, 4.69) is 40.7 Å². The van der Waals surface area contributed by atoms with Crippen molar-refractivity contribution in [3.8, 4) is 0 Å². The summed E-state index contributed by atoms with van der Waals surface area (Å²) in [6, 6.07) is 0. The highest BCUT2D eigenvalue weighted by molar-refractivity contribution is 7.98. The van der Waals surface area contributed by atoms with Crippen molar-refractivity contribution in [2.75, 3.05) is 31.6 Å². The molecular weight excluding hydrogens is 288 g/mol. The summed E-state index contributed by atoms with van der Waals surface area (Å²) in [6.07, 6.45) is 7.28. The predicted molar refractivity (Wildman–Crippen MR) is 92.2 cm³/mol. The zero-order valence-electron chi connectivity index (χ0n) is 12.7. The molecule has 0 unspecified atom stereocenters. The summed E-state index contributed by atoms with van der Waals surface area (Å²) in [7, 11) is 0. The first-order chi connectivity index (χ1) is 9.80. The summed E-state index contributed by atoms with van der Waals surface area (Å²) in [5.41, 5.74) is 0. The van der Waals surface area contributed by atoms with E-state index in [4.69, 9.17) is 0 Å². The fourth-order valence-electron chi connectivity index (χ4n) is 1.66. The van der Waals surface area contributed by atoms with Crippen LogP contribution in [0.3, 0.4) is 0 Å². The highest BCUT2D eigenvalue weighted by Gasteiger charge is 2.01. The number of nitrogens with zero attached hydrogens (tertiary/aromatic N) is 2. The van der Waals surface area contributed by atoms with E-state index in [0.717, 1.165) is 44.9 Å². The summed E-state index contributed by atoms with van der Waals surface area (Å²) in [4.78, 5) is 10.4. The van der Waals surface area contributed by atoms with Crippen molar-refractivity contribution in [3.63, 3.8) is 0 Å². The van der Waals surface area contributed by atoms with Gasteiger partial charge in [-0.05, 0) is 31.8 Å². The number of nitrogens with one attached hydrogen (secondary N) is 2. The molecule has 0 amide bonds. The molecule has 1 aromatic heterocycles.